The lowest BCUT2D eigenvalue weighted by Gasteiger charge is -2.06. The third-order valence-corrected chi connectivity index (χ3v) is 1.30. The van der Waals surface area contributed by atoms with Crippen molar-refractivity contribution in [1.82, 2.24) is 10.6 Å². The van der Waals surface area contributed by atoms with Gasteiger partial charge in [-0.25, -0.2) is 0 Å². The van der Waals surface area contributed by atoms with E-state index in [4.69, 9.17) is 0 Å². The second kappa shape index (κ2) is 2.66. The van der Waals surface area contributed by atoms with Gasteiger partial charge in [-0.15, -0.1) is 0 Å². The van der Waals surface area contributed by atoms with E-state index in [0.717, 1.165) is 0 Å². The van der Waals surface area contributed by atoms with Crippen LogP contribution in [0.3, 0.4) is 0 Å². The minimum absolute atomic E-state index is 0.258. The molecule has 0 aromatic carbocycles. The summed E-state index contributed by atoms with van der Waals surface area (Å²) >= 11 is 0. The molecule has 0 spiro atoms. The van der Waals surface area contributed by atoms with Gasteiger partial charge in [0.2, 0.25) is 5.91 Å². The van der Waals surface area contributed by atoms with E-state index in [9.17, 15) is 14.7 Å². The molecular formula is C5H7N2O3-. The van der Waals surface area contributed by atoms with Crippen LogP contribution in [0.2, 0.25) is 0 Å². The van der Waals surface area contributed by atoms with Gasteiger partial charge in [-0.2, -0.15) is 0 Å². The highest BCUT2D eigenvalue weighted by Crippen LogP contribution is 1.94. The topological polar surface area (TPSA) is 81.3 Å². The van der Waals surface area contributed by atoms with Gasteiger partial charge in [0, 0.05) is 12.4 Å². The van der Waals surface area contributed by atoms with Crippen molar-refractivity contribution >= 4 is 11.9 Å². The summed E-state index contributed by atoms with van der Waals surface area (Å²) in [6.07, 6.45) is -0.258. The Hall–Kier alpha value is -1.10. The normalized spacial score (nSPS) is 24.4. The Kier molecular flexibility index (Phi) is 1.86. The van der Waals surface area contributed by atoms with Crippen LogP contribution in [0.25, 0.3) is 0 Å². The molecule has 1 atom stereocenters. The van der Waals surface area contributed by atoms with E-state index in [-0.39, 0.29) is 12.3 Å². The molecule has 1 rings (SSSR count). The summed E-state index contributed by atoms with van der Waals surface area (Å²) in [5, 5.41) is 15.1. The Morgan fingerprint density at radius 2 is 2.50 bits per heavy atom. The smallest absolute Gasteiger partial charge is 0.238 e. The maximum absolute atomic E-state index is 10.6. The molecular weight excluding hydrogens is 136 g/mol. The summed E-state index contributed by atoms with van der Waals surface area (Å²) in [4.78, 5) is 20.6. The largest absolute Gasteiger partial charge is 0.550 e. The van der Waals surface area contributed by atoms with Crippen LogP contribution in [-0.2, 0) is 9.59 Å². The third kappa shape index (κ3) is 1.44. The first-order chi connectivity index (χ1) is 4.70. The Labute approximate surface area is 57.4 Å². The van der Waals surface area contributed by atoms with Crippen molar-refractivity contribution in [2.45, 2.75) is 12.5 Å². The van der Waals surface area contributed by atoms with Crippen LogP contribution in [0.5, 0.6) is 0 Å². The summed E-state index contributed by atoms with van der Waals surface area (Å²) in [6.45, 7) is 0.344. The Morgan fingerprint density at radius 1 is 1.80 bits per heavy atom. The molecule has 1 saturated heterocycles. The third-order valence-electron chi connectivity index (χ3n) is 1.30. The molecule has 1 fully saturated rings. The predicted molar refractivity (Wildman–Crippen MR) is 29.6 cm³/mol. The van der Waals surface area contributed by atoms with Crippen LogP contribution in [0, 0.1) is 0 Å². The number of hydrogen-bond donors (Lipinski definition) is 2. The van der Waals surface area contributed by atoms with Crippen LogP contribution in [-0.4, -0.2) is 24.6 Å². The summed E-state index contributed by atoms with van der Waals surface area (Å²) in [5.41, 5.74) is 0. The average molecular weight is 143 g/mol. The summed E-state index contributed by atoms with van der Waals surface area (Å²) in [6, 6.07) is -0.606. The SMILES string of the molecule is O=C([O-])CC1NCNC1=O. The van der Waals surface area contributed by atoms with Crippen molar-refractivity contribution < 1.29 is 14.7 Å². The second-order valence-corrected chi connectivity index (χ2v) is 2.05. The number of carbonyl (C=O) groups excluding carboxylic acids is 2. The van der Waals surface area contributed by atoms with E-state index in [1.807, 2.05) is 0 Å². The monoisotopic (exact) mass is 143 g/mol. The quantitative estimate of drug-likeness (QED) is 0.436. The van der Waals surface area contributed by atoms with Crippen molar-refractivity contribution in [3.05, 3.63) is 0 Å². The van der Waals surface area contributed by atoms with Crippen LogP contribution in [0.15, 0.2) is 0 Å². The highest BCUT2D eigenvalue weighted by molar-refractivity contribution is 5.87. The van der Waals surface area contributed by atoms with Crippen molar-refractivity contribution in [2.24, 2.45) is 0 Å². The highest BCUT2D eigenvalue weighted by Gasteiger charge is 2.22. The van der Waals surface area contributed by atoms with Gasteiger partial charge < -0.3 is 15.2 Å². The Morgan fingerprint density at radius 3 is 2.90 bits per heavy atom. The first kappa shape index (κ1) is 7.01. The molecule has 0 radical (unpaired) electrons. The first-order valence-corrected chi connectivity index (χ1v) is 2.91. The van der Waals surface area contributed by atoms with Gasteiger partial charge in [0.05, 0.1) is 12.7 Å². The standard InChI is InChI=1S/C5H8N2O3/c8-4(9)1-3-5(10)7-2-6-3/h3,6H,1-2H2,(H,7,10)(H,8,9)/p-1. The van der Waals surface area contributed by atoms with Crippen molar-refractivity contribution in [1.29, 1.82) is 0 Å². The average Bonchev–Trinajstić information content (AvgIpc) is 2.15. The maximum Gasteiger partial charge on any atom is 0.238 e. The maximum atomic E-state index is 10.6. The molecule has 1 heterocycles. The highest BCUT2D eigenvalue weighted by atomic mass is 16.4. The van der Waals surface area contributed by atoms with E-state index in [2.05, 4.69) is 10.6 Å². The van der Waals surface area contributed by atoms with Gasteiger partial charge in [0.1, 0.15) is 0 Å². The van der Waals surface area contributed by atoms with Gasteiger partial charge in [-0.3, -0.25) is 10.1 Å². The van der Waals surface area contributed by atoms with Crippen molar-refractivity contribution in [2.75, 3.05) is 6.67 Å². The fourth-order valence-electron chi connectivity index (χ4n) is 0.809. The zero-order valence-electron chi connectivity index (χ0n) is 5.22. The van der Waals surface area contributed by atoms with Crippen LogP contribution < -0.4 is 15.7 Å². The van der Waals surface area contributed by atoms with E-state index in [1.54, 1.807) is 0 Å². The van der Waals surface area contributed by atoms with E-state index < -0.39 is 12.0 Å². The minimum Gasteiger partial charge on any atom is -0.550 e. The van der Waals surface area contributed by atoms with E-state index in [1.165, 1.54) is 0 Å². The van der Waals surface area contributed by atoms with E-state index >= 15 is 0 Å². The summed E-state index contributed by atoms with van der Waals surface area (Å²) < 4.78 is 0. The lowest BCUT2D eigenvalue weighted by molar-refractivity contribution is -0.306. The summed E-state index contributed by atoms with van der Waals surface area (Å²) in [7, 11) is 0. The summed E-state index contributed by atoms with van der Waals surface area (Å²) in [5.74, 6) is -1.49. The molecule has 1 aliphatic heterocycles. The number of carboxylic acids is 1. The first-order valence-electron chi connectivity index (χ1n) is 2.91. The molecule has 0 aromatic rings. The van der Waals surface area contributed by atoms with Gasteiger partial charge in [0.25, 0.3) is 0 Å². The number of carbonyl (C=O) groups is 2. The zero-order valence-corrected chi connectivity index (χ0v) is 5.22. The Balaban J connectivity index is 2.40. The number of aliphatic carboxylic acids is 1. The van der Waals surface area contributed by atoms with Crippen molar-refractivity contribution in [3.63, 3.8) is 0 Å². The van der Waals surface area contributed by atoms with Crippen LogP contribution in [0.4, 0.5) is 0 Å². The molecule has 2 N–H and O–H groups in total. The number of carboxylic acid groups (broad SMARTS) is 1. The molecule has 56 valence electrons. The Bertz CT molecular complexity index is 168. The number of nitrogens with one attached hydrogen (secondary N) is 2. The van der Waals surface area contributed by atoms with Crippen molar-refractivity contribution in [3.8, 4) is 0 Å². The predicted octanol–water partition coefficient (Wildman–Crippen LogP) is -2.83. The molecule has 0 aliphatic carbocycles. The molecule has 5 nitrogen and oxygen atoms in total. The molecule has 10 heavy (non-hydrogen) atoms. The van der Waals surface area contributed by atoms with E-state index in [0.29, 0.717) is 6.67 Å². The lowest BCUT2D eigenvalue weighted by Crippen LogP contribution is -2.36. The molecule has 0 aromatic heterocycles. The number of rotatable bonds is 2. The second-order valence-electron chi connectivity index (χ2n) is 2.05. The number of amides is 1. The fraction of sp³-hybridized carbons (Fsp3) is 0.600. The molecule has 1 unspecified atom stereocenters. The molecule has 1 aliphatic rings. The zero-order chi connectivity index (χ0) is 7.56. The minimum atomic E-state index is -1.21. The number of hydrogen-bond acceptors (Lipinski definition) is 4. The molecule has 1 amide bonds. The fourth-order valence-corrected chi connectivity index (χ4v) is 0.809. The van der Waals surface area contributed by atoms with Gasteiger partial charge in [-0.1, -0.05) is 0 Å². The molecule has 0 saturated carbocycles. The van der Waals surface area contributed by atoms with Crippen LogP contribution >= 0.6 is 0 Å². The molecule has 5 heteroatoms. The van der Waals surface area contributed by atoms with Gasteiger partial charge in [0.15, 0.2) is 0 Å². The van der Waals surface area contributed by atoms with Gasteiger partial charge in [-0.05, 0) is 0 Å². The van der Waals surface area contributed by atoms with Crippen LogP contribution in [0.1, 0.15) is 6.42 Å². The van der Waals surface area contributed by atoms with Gasteiger partial charge >= 0.3 is 0 Å². The molecule has 0 bridgehead atoms. The lowest BCUT2D eigenvalue weighted by atomic mass is 10.2.